The first kappa shape index (κ1) is 34.7. The number of rotatable bonds is 6. The van der Waals surface area contributed by atoms with Crippen molar-refractivity contribution in [1.29, 1.82) is 10.5 Å². The molecule has 6 nitrogen and oxygen atoms in total. The van der Waals surface area contributed by atoms with Gasteiger partial charge in [-0.15, -0.1) is 11.3 Å². The zero-order valence-corrected chi connectivity index (χ0v) is 33.2. The fraction of sp³-hybridized carbons (Fsp3) is 0. The Morgan fingerprint density at radius 3 is 1.46 bits per heavy atom. The Morgan fingerprint density at radius 1 is 0.377 bits per heavy atom. The van der Waals surface area contributed by atoms with E-state index in [9.17, 15) is 10.5 Å². The van der Waals surface area contributed by atoms with Crippen molar-refractivity contribution >= 4 is 120 Å². The summed E-state index contributed by atoms with van der Waals surface area (Å²) in [6.07, 6.45) is 0. The Kier molecular flexibility index (Phi) is 7.73. The molecular formula is C54H30N4O2S. The van der Waals surface area contributed by atoms with Crippen LogP contribution in [0.2, 0.25) is 0 Å². The smallest absolute Gasteiger partial charge is 0.159 e. The second-order valence-corrected chi connectivity index (χ2v) is 16.2. The highest BCUT2D eigenvalue weighted by atomic mass is 32.1. The highest BCUT2D eigenvalue weighted by Gasteiger charge is 2.25. The Morgan fingerprint density at radius 2 is 0.869 bits per heavy atom. The van der Waals surface area contributed by atoms with Crippen molar-refractivity contribution in [2.45, 2.75) is 0 Å². The van der Waals surface area contributed by atoms with Gasteiger partial charge in [0.15, 0.2) is 11.2 Å². The molecular weight excluding hydrogens is 769 g/mol. The number of para-hydroxylation sites is 4. The highest BCUT2D eigenvalue weighted by Crippen LogP contribution is 2.50. The van der Waals surface area contributed by atoms with Gasteiger partial charge in [-0.25, -0.2) is 0 Å². The Balaban J connectivity index is 1.10. The van der Waals surface area contributed by atoms with Crippen molar-refractivity contribution in [1.82, 2.24) is 0 Å². The van der Waals surface area contributed by atoms with E-state index in [-0.39, 0.29) is 0 Å². The van der Waals surface area contributed by atoms with Crippen LogP contribution >= 0.6 is 11.3 Å². The molecule has 0 atom stereocenters. The molecule has 61 heavy (non-hydrogen) atoms. The minimum Gasteiger partial charge on any atom is -0.454 e. The van der Waals surface area contributed by atoms with Crippen molar-refractivity contribution < 1.29 is 8.83 Å². The van der Waals surface area contributed by atoms with Gasteiger partial charge in [0.25, 0.3) is 0 Å². The summed E-state index contributed by atoms with van der Waals surface area (Å²) in [6, 6.07) is 66.5. The molecule has 0 saturated heterocycles. The molecule has 0 bridgehead atoms. The molecule has 0 saturated carbocycles. The van der Waals surface area contributed by atoms with E-state index in [1.54, 1.807) is 11.3 Å². The first-order valence-electron chi connectivity index (χ1n) is 19.9. The van der Waals surface area contributed by atoms with Crippen LogP contribution in [0.15, 0.2) is 191 Å². The highest BCUT2D eigenvalue weighted by molar-refractivity contribution is 7.26. The molecule has 12 rings (SSSR count). The van der Waals surface area contributed by atoms with E-state index in [1.165, 1.54) is 5.39 Å². The van der Waals surface area contributed by atoms with Crippen molar-refractivity contribution in [2.75, 3.05) is 9.80 Å². The Hall–Kier alpha value is -8.36. The lowest BCUT2D eigenvalue weighted by Gasteiger charge is -2.27. The van der Waals surface area contributed by atoms with Crippen molar-refractivity contribution in [3.05, 3.63) is 193 Å². The SMILES string of the molecule is N#Cc1ccc(N(c2ccc3sc4cc(N(c5ccc(C#N)cc5)c5cccc6c5oc5ccccc56)c5ccccc5c4c3c2)c2cccc3c2oc2ccccc23)cc1. The molecule has 0 fully saturated rings. The summed E-state index contributed by atoms with van der Waals surface area (Å²) in [5.74, 6) is 0. The van der Waals surface area contributed by atoms with E-state index in [1.807, 2.05) is 84.9 Å². The third-order valence-corrected chi connectivity index (χ3v) is 12.8. The van der Waals surface area contributed by atoms with Crippen molar-refractivity contribution in [2.24, 2.45) is 0 Å². The average Bonchev–Trinajstić information content (AvgIpc) is 4.02. The third-order valence-electron chi connectivity index (χ3n) is 11.7. The van der Waals surface area contributed by atoms with Crippen LogP contribution in [0.3, 0.4) is 0 Å². The maximum atomic E-state index is 9.74. The van der Waals surface area contributed by atoms with Gasteiger partial charge in [0.05, 0.1) is 40.3 Å². The summed E-state index contributed by atoms with van der Waals surface area (Å²) in [5, 5.41) is 28.1. The van der Waals surface area contributed by atoms with Crippen molar-refractivity contribution in [3.8, 4) is 12.1 Å². The van der Waals surface area contributed by atoms with E-state index in [0.717, 1.165) is 104 Å². The van der Waals surface area contributed by atoms with Crippen LogP contribution in [0.4, 0.5) is 34.1 Å². The quantitative estimate of drug-likeness (QED) is 0.167. The fourth-order valence-corrected chi connectivity index (χ4v) is 10.1. The van der Waals surface area contributed by atoms with Crippen LogP contribution in [0.25, 0.3) is 74.8 Å². The molecule has 0 aliphatic heterocycles. The number of thiophene rings is 1. The summed E-state index contributed by atoms with van der Waals surface area (Å²) < 4.78 is 15.5. The average molecular weight is 799 g/mol. The number of furan rings is 2. The molecule has 0 unspecified atom stereocenters. The lowest BCUT2D eigenvalue weighted by atomic mass is 10.00. The molecule has 9 aromatic carbocycles. The van der Waals surface area contributed by atoms with E-state index in [4.69, 9.17) is 8.83 Å². The largest absolute Gasteiger partial charge is 0.454 e. The maximum Gasteiger partial charge on any atom is 0.159 e. The molecule has 7 heteroatoms. The standard InChI is InChI=1S/C54H30N4O2S/c55-31-33-19-23-35(24-20-33)57(45-15-7-13-42-39-10-3-5-17-48(39)59-53(42)45)37-27-28-50-44(29-37)52-41-12-2-1-9-38(41)47(30-51(52)61-50)58(36-25-21-34(32-56)22-26-36)46-16-8-14-43-40-11-4-6-18-49(40)60-54(43)46/h1-30H. The Labute approximate surface area is 353 Å². The number of anilines is 6. The summed E-state index contributed by atoms with van der Waals surface area (Å²) >= 11 is 1.77. The second-order valence-electron chi connectivity index (χ2n) is 15.1. The van der Waals surface area contributed by atoms with Gasteiger partial charge in [0.1, 0.15) is 11.2 Å². The summed E-state index contributed by atoms with van der Waals surface area (Å²) in [5.41, 5.74) is 10.0. The molecule has 3 aromatic heterocycles. The lowest BCUT2D eigenvalue weighted by molar-refractivity contribution is 0.668. The number of hydrogen-bond acceptors (Lipinski definition) is 7. The number of nitrogens with zero attached hydrogens (tertiary/aromatic N) is 4. The van der Waals surface area contributed by atoms with Crippen LogP contribution < -0.4 is 9.80 Å². The number of fused-ring (bicyclic) bond motifs is 11. The number of hydrogen-bond donors (Lipinski definition) is 0. The molecule has 12 aromatic rings. The molecule has 3 heterocycles. The van der Waals surface area contributed by atoms with Gasteiger partial charge in [-0.1, -0.05) is 84.9 Å². The molecule has 0 spiro atoms. The molecule has 0 amide bonds. The summed E-state index contributed by atoms with van der Waals surface area (Å²) in [4.78, 5) is 4.50. The fourth-order valence-electron chi connectivity index (χ4n) is 8.96. The zero-order chi connectivity index (χ0) is 40.6. The van der Waals surface area contributed by atoms with Crippen LogP contribution in [-0.4, -0.2) is 0 Å². The molecule has 0 aliphatic rings. The van der Waals surface area contributed by atoms with Crippen LogP contribution in [0.1, 0.15) is 11.1 Å². The van der Waals surface area contributed by atoms with Gasteiger partial charge in [0, 0.05) is 64.2 Å². The van der Waals surface area contributed by atoms with Gasteiger partial charge in [0.2, 0.25) is 0 Å². The van der Waals surface area contributed by atoms with Crippen LogP contribution in [0.5, 0.6) is 0 Å². The molecule has 0 aliphatic carbocycles. The first-order valence-corrected chi connectivity index (χ1v) is 20.8. The zero-order valence-electron chi connectivity index (χ0n) is 32.3. The number of nitriles is 2. The van der Waals surface area contributed by atoms with E-state index < -0.39 is 0 Å². The maximum absolute atomic E-state index is 9.74. The molecule has 0 radical (unpaired) electrons. The first-order chi connectivity index (χ1) is 30.1. The van der Waals surface area contributed by atoms with Gasteiger partial charge < -0.3 is 18.6 Å². The topological polar surface area (TPSA) is 80.3 Å². The van der Waals surface area contributed by atoms with E-state index in [2.05, 4.69) is 119 Å². The molecule has 284 valence electrons. The van der Waals surface area contributed by atoms with Crippen LogP contribution in [-0.2, 0) is 0 Å². The second kappa shape index (κ2) is 13.6. The van der Waals surface area contributed by atoms with Crippen molar-refractivity contribution in [3.63, 3.8) is 0 Å². The monoisotopic (exact) mass is 798 g/mol. The van der Waals surface area contributed by atoms with E-state index in [0.29, 0.717) is 11.1 Å². The van der Waals surface area contributed by atoms with Gasteiger partial charge in [-0.3, -0.25) is 0 Å². The number of benzene rings is 9. The summed E-state index contributed by atoms with van der Waals surface area (Å²) in [6.45, 7) is 0. The predicted octanol–water partition coefficient (Wildman–Crippen LogP) is 15.7. The van der Waals surface area contributed by atoms with E-state index >= 15 is 0 Å². The van der Waals surface area contributed by atoms with Gasteiger partial charge in [-0.05, 0) is 102 Å². The van der Waals surface area contributed by atoms with Gasteiger partial charge in [-0.2, -0.15) is 10.5 Å². The predicted molar refractivity (Wildman–Crippen MR) is 250 cm³/mol. The minimum absolute atomic E-state index is 0.595. The van der Waals surface area contributed by atoms with Gasteiger partial charge >= 0.3 is 0 Å². The van der Waals surface area contributed by atoms with Crippen LogP contribution in [0, 0.1) is 22.7 Å². The lowest BCUT2D eigenvalue weighted by Crippen LogP contribution is -2.11. The molecule has 0 N–H and O–H groups in total. The minimum atomic E-state index is 0.595. The normalized spacial score (nSPS) is 11.6. The third kappa shape index (κ3) is 5.39. The summed E-state index contributed by atoms with van der Waals surface area (Å²) in [7, 11) is 0. The Bertz CT molecular complexity index is 3810.